The van der Waals surface area contributed by atoms with Crippen molar-refractivity contribution in [2.75, 3.05) is 11.9 Å². The van der Waals surface area contributed by atoms with Crippen LogP contribution in [0.25, 0.3) is 0 Å². The second-order valence-electron chi connectivity index (χ2n) is 3.37. The molecule has 2 aromatic rings. The molecule has 0 unspecified atom stereocenters. The molecule has 0 aliphatic rings. The van der Waals surface area contributed by atoms with Crippen molar-refractivity contribution < 1.29 is 9.59 Å². The number of nitrogens with zero attached hydrogens (tertiary/aromatic N) is 1. The topological polar surface area (TPSA) is 71.1 Å². The highest BCUT2D eigenvalue weighted by Gasteiger charge is 2.07. The molecular weight excluding hydrogens is 270 g/mol. The van der Waals surface area contributed by atoms with Crippen LogP contribution in [0.5, 0.6) is 0 Å². The van der Waals surface area contributed by atoms with E-state index in [0.717, 1.165) is 0 Å². The Bertz CT molecular complexity index is 508. The van der Waals surface area contributed by atoms with Crippen molar-refractivity contribution in [3.05, 3.63) is 34.0 Å². The first-order valence-electron chi connectivity index (χ1n) is 5.27. The molecule has 0 atom stereocenters. The molecule has 2 aromatic heterocycles. The Kier molecular flexibility index (Phi) is 4.43. The van der Waals surface area contributed by atoms with Gasteiger partial charge in [0, 0.05) is 24.5 Å². The van der Waals surface area contributed by atoms with Gasteiger partial charge < -0.3 is 10.6 Å². The van der Waals surface area contributed by atoms with E-state index >= 15 is 0 Å². The van der Waals surface area contributed by atoms with E-state index in [1.165, 1.54) is 22.7 Å². The predicted octanol–water partition coefficient (Wildman–Crippen LogP) is 1.96. The van der Waals surface area contributed by atoms with E-state index < -0.39 is 0 Å². The zero-order chi connectivity index (χ0) is 12.8. The monoisotopic (exact) mass is 281 g/mol. The lowest BCUT2D eigenvalue weighted by Gasteiger charge is -2.03. The van der Waals surface area contributed by atoms with Crippen LogP contribution in [0.1, 0.15) is 16.1 Å². The normalized spacial score (nSPS) is 10.0. The van der Waals surface area contributed by atoms with Crippen LogP contribution in [0, 0.1) is 0 Å². The van der Waals surface area contributed by atoms with Crippen LogP contribution in [-0.2, 0) is 4.79 Å². The molecule has 7 heteroatoms. The van der Waals surface area contributed by atoms with Gasteiger partial charge in [-0.3, -0.25) is 9.59 Å². The average molecular weight is 281 g/mol. The average Bonchev–Trinajstić information content (AvgIpc) is 3.00. The number of rotatable bonds is 5. The van der Waals surface area contributed by atoms with Gasteiger partial charge in [-0.15, -0.1) is 22.7 Å². The smallest absolute Gasteiger partial charge is 0.261 e. The molecule has 0 saturated heterocycles. The van der Waals surface area contributed by atoms with Gasteiger partial charge in [0.2, 0.25) is 5.91 Å². The van der Waals surface area contributed by atoms with E-state index in [0.29, 0.717) is 16.6 Å². The van der Waals surface area contributed by atoms with E-state index in [4.69, 9.17) is 0 Å². The summed E-state index contributed by atoms with van der Waals surface area (Å²) in [6.07, 6.45) is 1.86. The van der Waals surface area contributed by atoms with Crippen LogP contribution < -0.4 is 10.6 Å². The lowest BCUT2D eigenvalue weighted by molar-refractivity contribution is -0.116. The van der Waals surface area contributed by atoms with Crippen molar-refractivity contribution in [2.45, 2.75) is 6.42 Å². The summed E-state index contributed by atoms with van der Waals surface area (Å²) in [4.78, 5) is 27.6. The standard InChI is InChI=1S/C11H11N3O2S2/c15-9(14-11-13-5-7-18-11)3-4-12-10(16)8-2-1-6-17-8/h1-2,5-7H,3-4H2,(H,12,16)(H,13,14,15). The third kappa shape index (κ3) is 3.64. The van der Waals surface area contributed by atoms with Gasteiger partial charge in [-0.1, -0.05) is 6.07 Å². The second-order valence-corrected chi connectivity index (χ2v) is 5.21. The van der Waals surface area contributed by atoms with Gasteiger partial charge >= 0.3 is 0 Å². The summed E-state index contributed by atoms with van der Waals surface area (Å²) in [7, 11) is 0. The summed E-state index contributed by atoms with van der Waals surface area (Å²) in [6, 6.07) is 3.56. The largest absolute Gasteiger partial charge is 0.351 e. The van der Waals surface area contributed by atoms with Crippen LogP contribution >= 0.6 is 22.7 Å². The molecule has 0 spiro atoms. The van der Waals surface area contributed by atoms with Crippen molar-refractivity contribution >= 4 is 39.6 Å². The summed E-state index contributed by atoms with van der Waals surface area (Å²) < 4.78 is 0. The van der Waals surface area contributed by atoms with Gasteiger partial charge in [-0.05, 0) is 11.4 Å². The molecule has 2 N–H and O–H groups in total. The van der Waals surface area contributed by atoms with Crippen LogP contribution in [0.4, 0.5) is 5.13 Å². The fraction of sp³-hybridized carbons (Fsp3) is 0.182. The Hall–Kier alpha value is -1.73. The maximum absolute atomic E-state index is 11.6. The SMILES string of the molecule is O=C(CCNC(=O)c1cccs1)Nc1nccs1. The molecule has 0 radical (unpaired) electrons. The molecule has 0 aliphatic carbocycles. The third-order valence-corrected chi connectivity index (χ3v) is 3.62. The maximum atomic E-state index is 11.6. The Morgan fingerprint density at radius 3 is 2.83 bits per heavy atom. The zero-order valence-corrected chi connectivity index (χ0v) is 11.0. The molecule has 0 aliphatic heterocycles. The molecule has 0 aromatic carbocycles. The quantitative estimate of drug-likeness (QED) is 0.880. The number of hydrogen-bond donors (Lipinski definition) is 2. The minimum Gasteiger partial charge on any atom is -0.351 e. The van der Waals surface area contributed by atoms with Crippen molar-refractivity contribution in [2.24, 2.45) is 0 Å². The Morgan fingerprint density at radius 1 is 1.28 bits per heavy atom. The highest BCUT2D eigenvalue weighted by molar-refractivity contribution is 7.13. The zero-order valence-electron chi connectivity index (χ0n) is 9.38. The summed E-state index contributed by atoms with van der Waals surface area (Å²) in [5.41, 5.74) is 0. The van der Waals surface area contributed by atoms with Crippen molar-refractivity contribution in [1.82, 2.24) is 10.3 Å². The van der Waals surface area contributed by atoms with Crippen LogP contribution in [0.15, 0.2) is 29.1 Å². The first-order chi connectivity index (χ1) is 8.75. The van der Waals surface area contributed by atoms with Crippen LogP contribution in [0.2, 0.25) is 0 Å². The number of thiazole rings is 1. The molecule has 94 valence electrons. The molecule has 0 saturated carbocycles. The van der Waals surface area contributed by atoms with E-state index in [-0.39, 0.29) is 18.2 Å². The highest BCUT2D eigenvalue weighted by Crippen LogP contribution is 2.10. The minimum absolute atomic E-state index is 0.146. The van der Waals surface area contributed by atoms with Crippen molar-refractivity contribution in [3.63, 3.8) is 0 Å². The van der Waals surface area contributed by atoms with Gasteiger partial charge in [0.05, 0.1) is 4.88 Å². The number of anilines is 1. The molecule has 0 fully saturated rings. The van der Waals surface area contributed by atoms with Gasteiger partial charge in [-0.2, -0.15) is 0 Å². The summed E-state index contributed by atoms with van der Waals surface area (Å²) >= 11 is 2.73. The lowest BCUT2D eigenvalue weighted by Crippen LogP contribution is -2.27. The molecule has 5 nitrogen and oxygen atoms in total. The first kappa shape index (κ1) is 12.7. The number of hydrogen-bond acceptors (Lipinski definition) is 5. The van der Waals surface area contributed by atoms with Crippen molar-refractivity contribution in [1.29, 1.82) is 0 Å². The summed E-state index contributed by atoms with van der Waals surface area (Å²) in [5, 5.41) is 9.54. The fourth-order valence-corrected chi connectivity index (χ4v) is 2.44. The highest BCUT2D eigenvalue weighted by atomic mass is 32.1. The third-order valence-electron chi connectivity index (χ3n) is 2.06. The fourth-order valence-electron chi connectivity index (χ4n) is 1.25. The lowest BCUT2D eigenvalue weighted by atomic mass is 10.4. The molecule has 18 heavy (non-hydrogen) atoms. The number of amides is 2. The van der Waals surface area contributed by atoms with E-state index in [9.17, 15) is 9.59 Å². The first-order valence-corrected chi connectivity index (χ1v) is 7.02. The maximum Gasteiger partial charge on any atom is 0.261 e. The molecule has 2 heterocycles. The Balaban J connectivity index is 1.69. The summed E-state index contributed by atoms with van der Waals surface area (Å²) in [6.45, 7) is 0.313. The molecule has 2 rings (SSSR count). The number of carbonyl (C=O) groups excluding carboxylic acids is 2. The van der Waals surface area contributed by atoms with Crippen LogP contribution in [-0.4, -0.2) is 23.3 Å². The van der Waals surface area contributed by atoms with E-state index in [2.05, 4.69) is 15.6 Å². The second kappa shape index (κ2) is 6.27. The van der Waals surface area contributed by atoms with Gasteiger partial charge in [-0.25, -0.2) is 4.98 Å². The molecule has 0 bridgehead atoms. The summed E-state index contributed by atoms with van der Waals surface area (Å²) in [5.74, 6) is -0.302. The molecular formula is C11H11N3O2S2. The predicted molar refractivity (Wildman–Crippen MR) is 72.0 cm³/mol. The molecule has 2 amide bonds. The Morgan fingerprint density at radius 2 is 2.17 bits per heavy atom. The van der Waals surface area contributed by atoms with Crippen molar-refractivity contribution in [3.8, 4) is 0 Å². The number of nitrogens with one attached hydrogen (secondary N) is 2. The Labute approximate surface area is 112 Å². The van der Waals surface area contributed by atoms with Crippen LogP contribution in [0.3, 0.4) is 0 Å². The van der Waals surface area contributed by atoms with Gasteiger partial charge in [0.25, 0.3) is 5.91 Å². The number of aromatic nitrogens is 1. The van der Waals surface area contributed by atoms with E-state index in [1.807, 2.05) is 11.4 Å². The van der Waals surface area contributed by atoms with Gasteiger partial charge in [0.15, 0.2) is 5.13 Å². The minimum atomic E-state index is -0.156. The number of thiophene rings is 1. The number of carbonyl (C=O) groups is 2. The van der Waals surface area contributed by atoms with Gasteiger partial charge in [0.1, 0.15) is 0 Å². The van der Waals surface area contributed by atoms with E-state index in [1.54, 1.807) is 17.6 Å².